The molecule has 0 unspecified atom stereocenters. The van der Waals surface area contributed by atoms with Crippen LogP contribution in [-0.2, 0) is 17.1 Å². The lowest BCUT2D eigenvalue weighted by molar-refractivity contribution is -0.141. The Morgan fingerprint density at radius 2 is 1.57 bits per heavy atom. The number of hydrogen-bond acceptors (Lipinski definition) is 2. The maximum Gasteiger partial charge on any atom is 0.416 e. The van der Waals surface area contributed by atoms with Crippen LogP contribution in [0.25, 0.3) is 6.08 Å². The van der Waals surface area contributed by atoms with Gasteiger partial charge in [0.1, 0.15) is 5.60 Å². The van der Waals surface area contributed by atoms with Gasteiger partial charge in [0.25, 0.3) is 0 Å². The number of likely N-dealkylation sites (tertiary alicyclic amines) is 1. The Morgan fingerprint density at radius 3 is 2.04 bits per heavy atom. The summed E-state index contributed by atoms with van der Waals surface area (Å²) in [7, 11) is 0. The maximum absolute atomic E-state index is 13.2. The van der Waals surface area contributed by atoms with E-state index < -0.39 is 40.7 Å². The number of rotatable bonds is 1. The number of carbonyl (C=O) groups excluding carboxylic acids is 1. The van der Waals surface area contributed by atoms with E-state index >= 15 is 0 Å². The van der Waals surface area contributed by atoms with Crippen LogP contribution in [0.5, 0.6) is 0 Å². The van der Waals surface area contributed by atoms with Gasteiger partial charge >= 0.3 is 18.4 Å². The van der Waals surface area contributed by atoms with Crippen LogP contribution in [0.3, 0.4) is 0 Å². The van der Waals surface area contributed by atoms with Crippen molar-refractivity contribution < 1.29 is 35.9 Å². The Hall–Kier alpha value is -2.19. The molecule has 2 rings (SSSR count). The zero-order chi connectivity index (χ0) is 21.3. The van der Waals surface area contributed by atoms with E-state index in [1.165, 1.54) is 4.90 Å². The summed E-state index contributed by atoms with van der Waals surface area (Å²) >= 11 is 0. The third kappa shape index (κ3) is 5.90. The molecule has 0 atom stereocenters. The summed E-state index contributed by atoms with van der Waals surface area (Å²) < 4.78 is 83.4. The van der Waals surface area contributed by atoms with E-state index in [9.17, 15) is 31.1 Å². The average molecular weight is 409 g/mol. The summed E-state index contributed by atoms with van der Waals surface area (Å²) in [6, 6.07) is 1.39. The second-order valence-corrected chi connectivity index (χ2v) is 7.57. The molecule has 1 saturated heterocycles. The van der Waals surface area contributed by atoms with Crippen molar-refractivity contribution in [3.05, 3.63) is 40.5 Å². The summed E-state index contributed by atoms with van der Waals surface area (Å²) in [4.78, 5) is 13.5. The van der Waals surface area contributed by atoms with Crippen LogP contribution < -0.4 is 0 Å². The van der Waals surface area contributed by atoms with E-state index in [0.29, 0.717) is 23.8 Å². The Kier molecular flexibility index (Phi) is 6.06. The first-order valence-electron chi connectivity index (χ1n) is 8.62. The van der Waals surface area contributed by atoms with Gasteiger partial charge in [-0.3, -0.25) is 0 Å². The predicted octanol–water partition coefficient (Wildman–Crippen LogP) is 6.14. The molecule has 0 bridgehead atoms. The summed E-state index contributed by atoms with van der Waals surface area (Å²) in [6.45, 7) is 5.59. The number of benzene rings is 1. The van der Waals surface area contributed by atoms with Crippen molar-refractivity contribution in [1.82, 2.24) is 4.90 Å². The highest BCUT2D eigenvalue weighted by Gasteiger charge is 2.36. The van der Waals surface area contributed by atoms with E-state index in [1.54, 1.807) is 20.8 Å². The highest BCUT2D eigenvalue weighted by Crippen LogP contribution is 2.38. The Morgan fingerprint density at radius 1 is 1.00 bits per heavy atom. The van der Waals surface area contributed by atoms with Crippen molar-refractivity contribution in [3.63, 3.8) is 0 Å². The SMILES string of the molecule is CC(C)(C)OC(=O)N1CCC(=Cc2cc(C(F)(F)F)ccc2C(F)(F)F)CC1. The second-order valence-electron chi connectivity index (χ2n) is 7.57. The zero-order valence-corrected chi connectivity index (χ0v) is 15.7. The number of piperidine rings is 1. The first-order valence-corrected chi connectivity index (χ1v) is 8.62. The molecule has 9 heteroatoms. The zero-order valence-electron chi connectivity index (χ0n) is 15.7. The van der Waals surface area contributed by atoms with Gasteiger partial charge in [0.2, 0.25) is 0 Å². The van der Waals surface area contributed by atoms with Crippen molar-refractivity contribution in [2.24, 2.45) is 0 Å². The molecule has 1 aliphatic heterocycles. The van der Waals surface area contributed by atoms with Crippen molar-refractivity contribution >= 4 is 12.2 Å². The van der Waals surface area contributed by atoms with Gasteiger partial charge in [-0.15, -0.1) is 0 Å². The lowest BCUT2D eigenvalue weighted by Gasteiger charge is -2.31. The quantitative estimate of drug-likeness (QED) is 0.522. The fourth-order valence-corrected chi connectivity index (χ4v) is 2.78. The van der Waals surface area contributed by atoms with Gasteiger partial charge in [-0.2, -0.15) is 26.3 Å². The molecular weight excluding hydrogens is 388 g/mol. The minimum absolute atomic E-state index is 0.223. The van der Waals surface area contributed by atoms with Crippen LogP contribution in [-0.4, -0.2) is 29.7 Å². The summed E-state index contributed by atoms with van der Waals surface area (Å²) in [6.07, 6.45) is -8.38. The maximum atomic E-state index is 13.2. The molecule has 0 radical (unpaired) electrons. The number of carbonyl (C=O) groups is 1. The number of halogens is 6. The lowest BCUT2D eigenvalue weighted by atomic mass is 9.96. The van der Waals surface area contributed by atoms with E-state index in [2.05, 4.69) is 0 Å². The Labute approximate surface area is 159 Å². The average Bonchev–Trinajstić information content (AvgIpc) is 2.52. The van der Waals surface area contributed by atoms with Crippen LogP contribution in [0.1, 0.15) is 50.3 Å². The van der Waals surface area contributed by atoms with Crippen molar-refractivity contribution in [2.75, 3.05) is 13.1 Å². The van der Waals surface area contributed by atoms with Gasteiger partial charge in [-0.1, -0.05) is 11.6 Å². The van der Waals surface area contributed by atoms with Gasteiger partial charge in [0.15, 0.2) is 0 Å². The molecule has 1 aromatic rings. The van der Waals surface area contributed by atoms with Gasteiger partial charge in [0, 0.05) is 13.1 Å². The highest BCUT2D eigenvalue weighted by molar-refractivity contribution is 5.69. The third-order valence-corrected chi connectivity index (χ3v) is 4.10. The molecule has 3 nitrogen and oxygen atoms in total. The van der Waals surface area contributed by atoms with Crippen molar-refractivity contribution in [2.45, 2.75) is 51.6 Å². The Bertz CT molecular complexity index is 749. The number of alkyl halides is 6. The molecule has 156 valence electrons. The van der Waals surface area contributed by atoms with E-state index in [-0.39, 0.29) is 25.9 Å². The molecule has 1 heterocycles. The van der Waals surface area contributed by atoms with Gasteiger partial charge in [0.05, 0.1) is 11.1 Å². The van der Waals surface area contributed by atoms with E-state index in [1.807, 2.05) is 0 Å². The van der Waals surface area contributed by atoms with Crippen molar-refractivity contribution in [3.8, 4) is 0 Å². The number of amides is 1. The monoisotopic (exact) mass is 409 g/mol. The number of ether oxygens (including phenoxy) is 1. The first kappa shape index (κ1) is 22.1. The molecule has 28 heavy (non-hydrogen) atoms. The van der Waals surface area contributed by atoms with Crippen LogP contribution in [0.2, 0.25) is 0 Å². The standard InChI is InChI=1S/C19H21F6NO2/c1-17(2,3)28-16(27)26-8-6-12(7-9-26)10-13-11-14(18(20,21)22)4-5-15(13)19(23,24)25/h4-5,10-11H,6-9H2,1-3H3. The molecular formula is C19H21F6NO2. The van der Waals surface area contributed by atoms with Crippen LogP contribution in [0.15, 0.2) is 23.8 Å². The summed E-state index contributed by atoms with van der Waals surface area (Å²) in [5.74, 6) is 0. The summed E-state index contributed by atoms with van der Waals surface area (Å²) in [5, 5.41) is 0. The van der Waals surface area contributed by atoms with Crippen LogP contribution >= 0.6 is 0 Å². The lowest BCUT2D eigenvalue weighted by Crippen LogP contribution is -2.40. The third-order valence-electron chi connectivity index (χ3n) is 4.10. The Balaban J connectivity index is 2.23. The topological polar surface area (TPSA) is 29.5 Å². The predicted molar refractivity (Wildman–Crippen MR) is 91.5 cm³/mol. The fourth-order valence-electron chi connectivity index (χ4n) is 2.78. The highest BCUT2D eigenvalue weighted by atomic mass is 19.4. The summed E-state index contributed by atoms with van der Waals surface area (Å²) in [5.41, 5.74) is -2.92. The molecule has 1 fully saturated rings. The number of hydrogen-bond donors (Lipinski definition) is 0. The molecule has 0 aliphatic carbocycles. The first-order chi connectivity index (χ1) is 12.7. The molecule has 1 amide bonds. The van der Waals surface area contributed by atoms with Gasteiger partial charge < -0.3 is 9.64 Å². The van der Waals surface area contributed by atoms with E-state index in [4.69, 9.17) is 4.74 Å². The van der Waals surface area contributed by atoms with Gasteiger partial charge in [-0.05, 0) is 57.4 Å². The van der Waals surface area contributed by atoms with Crippen molar-refractivity contribution in [1.29, 1.82) is 0 Å². The largest absolute Gasteiger partial charge is 0.444 e. The smallest absolute Gasteiger partial charge is 0.416 e. The molecule has 0 saturated carbocycles. The molecule has 0 aromatic heterocycles. The van der Waals surface area contributed by atoms with Crippen LogP contribution in [0, 0.1) is 0 Å². The molecule has 1 aliphatic rings. The molecule has 0 spiro atoms. The fraction of sp³-hybridized carbons (Fsp3) is 0.526. The van der Waals surface area contributed by atoms with Gasteiger partial charge in [-0.25, -0.2) is 4.79 Å². The minimum Gasteiger partial charge on any atom is -0.444 e. The van der Waals surface area contributed by atoms with E-state index in [0.717, 1.165) is 6.08 Å². The molecule has 1 aromatic carbocycles. The molecule has 0 N–H and O–H groups in total. The minimum atomic E-state index is -4.77. The second kappa shape index (κ2) is 7.67. The van der Waals surface area contributed by atoms with Crippen LogP contribution in [0.4, 0.5) is 31.1 Å². The number of nitrogens with zero attached hydrogens (tertiary/aromatic N) is 1. The normalized spacial score (nSPS) is 16.2.